The van der Waals surface area contributed by atoms with E-state index in [1.165, 1.54) is 16.1 Å². The molecular formula is C23H29N5OS. The summed E-state index contributed by atoms with van der Waals surface area (Å²) in [6.45, 7) is 3.80. The minimum atomic E-state index is -0.0505. The van der Waals surface area contributed by atoms with E-state index in [0.717, 1.165) is 51.9 Å². The number of thioether (sulfide) groups is 1. The van der Waals surface area contributed by atoms with Crippen LogP contribution in [0.5, 0.6) is 0 Å². The zero-order chi connectivity index (χ0) is 20.3. The minimum absolute atomic E-state index is 0.0505. The fourth-order valence-corrected chi connectivity index (χ4v) is 6.00. The first-order valence-electron chi connectivity index (χ1n) is 11.0. The zero-order valence-electron chi connectivity index (χ0n) is 17.2. The highest BCUT2D eigenvalue weighted by molar-refractivity contribution is 8.00. The fourth-order valence-electron chi connectivity index (χ4n) is 4.78. The molecule has 2 saturated heterocycles. The van der Waals surface area contributed by atoms with Crippen molar-refractivity contribution in [2.45, 2.75) is 54.7 Å². The summed E-state index contributed by atoms with van der Waals surface area (Å²) < 4.78 is 0. The second-order valence-corrected chi connectivity index (χ2v) is 9.57. The van der Waals surface area contributed by atoms with E-state index in [0.29, 0.717) is 0 Å². The molecule has 4 heterocycles. The Morgan fingerprint density at radius 2 is 2.10 bits per heavy atom. The van der Waals surface area contributed by atoms with Crippen LogP contribution in [0.25, 0.3) is 0 Å². The van der Waals surface area contributed by atoms with Crippen molar-refractivity contribution in [1.29, 1.82) is 0 Å². The molecule has 1 aromatic heterocycles. The Balaban J connectivity index is 1.18. The maximum absolute atomic E-state index is 13.2. The predicted octanol–water partition coefficient (Wildman–Crippen LogP) is 3.13. The van der Waals surface area contributed by atoms with Crippen molar-refractivity contribution in [3.63, 3.8) is 0 Å². The molecule has 1 unspecified atom stereocenters. The van der Waals surface area contributed by atoms with Crippen molar-refractivity contribution in [2.24, 2.45) is 0 Å². The molecule has 1 amide bonds. The lowest BCUT2D eigenvalue weighted by Gasteiger charge is -2.38. The van der Waals surface area contributed by atoms with Crippen LogP contribution in [0, 0.1) is 0 Å². The molecule has 2 N–H and O–H groups in total. The summed E-state index contributed by atoms with van der Waals surface area (Å²) in [4.78, 5) is 23.5. The van der Waals surface area contributed by atoms with E-state index in [2.05, 4.69) is 55.7 Å². The number of benzene rings is 1. The number of amides is 1. The summed E-state index contributed by atoms with van der Waals surface area (Å²) in [5.41, 5.74) is 2.55. The molecule has 3 aliphatic heterocycles. The van der Waals surface area contributed by atoms with Crippen LogP contribution in [0.15, 0.2) is 53.7 Å². The minimum Gasteiger partial charge on any atom is -0.360 e. The average molecular weight is 424 g/mol. The topological polar surface area (TPSA) is 60.5 Å². The molecule has 0 spiro atoms. The Labute approximate surface area is 182 Å². The Morgan fingerprint density at radius 1 is 1.17 bits per heavy atom. The number of hydrogen-bond acceptors (Lipinski definition) is 6. The van der Waals surface area contributed by atoms with E-state index in [4.69, 9.17) is 0 Å². The molecular weight excluding hydrogens is 394 g/mol. The van der Waals surface area contributed by atoms with Crippen LogP contribution >= 0.6 is 11.8 Å². The van der Waals surface area contributed by atoms with Gasteiger partial charge in [0.25, 0.3) is 0 Å². The Hall–Kier alpha value is -2.09. The third-order valence-electron chi connectivity index (χ3n) is 6.30. The molecule has 6 nitrogen and oxygen atoms in total. The SMILES string of the molecule is O=C(N[C@H]1CCN(Cc2cccnc2)C1)[C@@H]1CCCCN1C1Nc2ccccc2S1. The van der Waals surface area contributed by atoms with Crippen molar-refractivity contribution in [2.75, 3.05) is 25.0 Å². The number of aromatic nitrogens is 1. The van der Waals surface area contributed by atoms with Gasteiger partial charge in [-0.25, -0.2) is 0 Å². The highest BCUT2D eigenvalue weighted by Gasteiger charge is 2.38. The van der Waals surface area contributed by atoms with Crippen molar-refractivity contribution in [3.05, 3.63) is 54.4 Å². The number of piperidine rings is 1. The van der Waals surface area contributed by atoms with Gasteiger partial charge in [0, 0.05) is 55.2 Å². The number of rotatable bonds is 5. The molecule has 1 aromatic carbocycles. The Kier molecular flexibility index (Phi) is 5.93. The van der Waals surface area contributed by atoms with E-state index >= 15 is 0 Å². The van der Waals surface area contributed by atoms with Gasteiger partial charge in [-0.2, -0.15) is 0 Å². The van der Waals surface area contributed by atoms with Gasteiger partial charge >= 0.3 is 0 Å². The van der Waals surface area contributed by atoms with Gasteiger partial charge in [0.2, 0.25) is 5.91 Å². The number of fused-ring (bicyclic) bond motifs is 1. The molecule has 30 heavy (non-hydrogen) atoms. The summed E-state index contributed by atoms with van der Waals surface area (Å²) in [5, 5.41) is 6.98. The lowest BCUT2D eigenvalue weighted by Crippen LogP contribution is -2.55. The van der Waals surface area contributed by atoms with E-state index in [1.54, 1.807) is 0 Å². The van der Waals surface area contributed by atoms with E-state index in [9.17, 15) is 4.79 Å². The maximum Gasteiger partial charge on any atom is 0.237 e. The molecule has 0 radical (unpaired) electrons. The number of pyridine rings is 1. The van der Waals surface area contributed by atoms with E-state index in [1.807, 2.05) is 30.2 Å². The van der Waals surface area contributed by atoms with Gasteiger partial charge in [0.1, 0.15) is 5.50 Å². The van der Waals surface area contributed by atoms with Crippen molar-refractivity contribution < 1.29 is 4.79 Å². The normalized spacial score (nSPS) is 26.9. The molecule has 7 heteroatoms. The smallest absolute Gasteiger partial charge is 0.237 e. The van der Waals surface area contributed by atoms with E-state index in [-0.39, 0.29) is 23.5 Å². The molecule has 158 valence electrons. The van der Waals surface area contributed by atoms with Gasteiger partial charge in [0.15, 0.2) is 0 Å². The molecule has 0 saturated carbocycles. The van der Waals surface area contributed by atoms with Crippen LogP contribution in [0.1, 0.15) is 31.2 Å². The lowest BCUT2D eigenvalue weighted by molar-refractivity contribution is -0.128. The van der Waals surface area contributed by atoms with Crippen molar-refractivity contribution >= 4 is 23.4 Å². The highest BCUT2D eigenvalue weighted by atomic mass is 32.2. The van der Waals surface area contributed by atoms with Crippen LogP contribution in [-0.2, 0) is 11.3 Å². The summed E-state index contributed by atoms with van der Waals surface area (Å²) in [6, 6.07) is 12.7. The van der Waals surface area contributed by atoms with Gasteiger partial charge in [-0.1, -0.05) is 36.4 Å². The van der Waals surface area contributed by atoms with Gasteiger partial charge < -0.3 is 10.6 Å². The number of carbonyl (C=O) groups is 1. The third-order valence-corrected chi connectivity index (χ3v) is 7.52. The molecule has 2 aromatic rings. The number of nitrogens with zero attached hydrogens (tertiary/aromatic N) is 3. The number of para-hydroxylation sites is 1. The fraction of sp³-hybridized carbons (Fsp3) is 0.478. The number of carbonyl (C=O) groups excluding carboxylic acids is 1. The van der Waals surface area contributed by atoms with Crippen LogP contribution in [-0.4, -0.2) is 57.9 Å². The van der Waals surface area contributed by atoms with Crippen molar-refractivity contribution in [1.82, 2.24) is 20.1 Å². The summed E-state index contributed by atoms with van der Waals surface area (Å²) in [7, 11) is 0. The zero-order valence-corrected chi connectivity index (χ0v) is 18.0. The second kappa shape index (κ2) is 8.96. The summed E-state index contributed by atoms with van der Waals surface area (Å²) in [6.07, 6.45) is 7.96. The average Bonchev–Trinajstić information content (AvgIpc) is 3.41. The standard InChI is InChI=1S/C23H29N5OS/c29-22(25-18-10-13-27(16-18)15-17-6-5-11-24-14-17)20-8-3-4-12-28(20)23-26-19-7-1-2-9-21(19)30-23/h1-2,5-7,9,11,14,18,20,23,26H,3-4,8,10,12-13,15-16H2,(H,25,29)/t18-,20-,23?/m0/s1. The van der Waals surface area contributed by atoms with Crippen LogP contribution < -0.4 is 10.6 Å². The summed E-state index contributed by atoms with van der Waals surface area (Å²) in [5.74, 6) is 0.196. The first kappa shape index (κ1) is 19.8. The highest BCUT2D eigenvalue weighted by Crippen LogP contribution is 2.41. The monoisotopic (exact) mass is 423 g/mol. The van der Waals surface area contributed by atoms with Crippen LogP contribution in [0.3, 0.4) is 0 Å². The van der Waals surface area contributed by atoms with Gasteiger partial charge in [-0.15, -0.1) is 0 Å². The van der Waals surface area contributed by atoms with Gasteiger partial charge in [-0.05, 0) is 43.0 Å². The molecule has 3 atom stereocenters. The quantitative estimate of drug-likeness (QED) is 0.771. The van der Waals surface area contributed by atoms with Gasteiger partial charge in [-0.3, -0.25) is 19.6 Å². The predicted molar refractivity (Wildman–Crippen MR) is 120 cm³/mol. The number of likely N-dealkylation sites (tertiary alicyclic amines) is 2. The third kappa shape index (κ3) is 4.33. The van der Waals surface area contributed by atoms with Crippen LogP contribution in [0.4, 0.5) is 5.69 Å². The first-order valence-corrected chi connectivity index (χ1v) is 11.8. The number of hydrogen-bond donors (Lipinski definition) is 2. The lowest BCUT2D eigenvalue weighted by atomic mass is 10.0. The Bertz CT molecular complexity index is 854. The molecule has 2 fully saturated rings. The first-order chi connectivity index (χ1) is 14.8. The molecule has 0 aliphatic carbocycles. The number of anilines is 1. The van der Waals surface area contributed by atoms with E-state index < -0.39 is 0 Å². The van der Waals surface area contributed by atoms with Gasteiger partial charge in [0.05, 0.1) is 6.04 Å². The summed E-state index contributed by atoms with van der Waals surface area (Å²) >= 11 is 1.83. The largest absolute Gasteiger partial charge is 0.360 e. The molecule has 5 rings (SSSR count). The maximum atomic E-state index is 13.2. The van der Waals surface area contributed by atoms with Crippen molar-refractivity contribution in [3.8, 4) is 0 Å². The number of nitrogens with one attached hydrogen (secondary N) is 2. The molecule has 3 aliphatic rings. The molecule has 0 bridgehead atoms. The second-order valence-electron chi connectivity index (χ2n) is 8.45. The Morgan fingerprint density at radius 3 is 2.97 bits per heavy atom. The van der Waals surface area contributed by atoms with Crippen LogP contribution in [0.2, 0.25) is 0 Å².